The molecule has 0 fully saturated rings. The summed E-state index contributed by atoms with van der Waals surface area (Å²) in [5.74, 6) is 0.579. The maximum Gasteiger partial charge on any atom is 0.157 e. The summed E-state index contributed by atoms with van der Waals surface area (Å²) in [6, 6.07) is 15.3. The van der Waals surface area contributed by atoms with E-state index in [9.17, 15) is 4.21 Å². The number of nitrogens with zero attached hydrogens (tertiary/aromatic N) is 1. The Hall–Kier alpha value is -2.74. The van der Waals surface area contributed by atoms with Crippen molar-refractivity contribution in [3.63, 3.8) is 0 Å². The van der Waals surface area contributed by atoms with Crippen LogP contribution in [0.25, 0.3) is 32.3 Å². The van der Waals surface area contributed by atoms with E-state index in [-0.39, 0.29) is 5.75 Å². The standard InChI is InChI=1S/C20H17N3O2S2/c21-15-6-4-13(5-7-15)17-10-26-19-16(9-23-20(22)18(17)19)14-3-1-2-12(8-14)11-27(24)25/h1-10H,11,21H2,(H2,22,23)(H,24,25). The monoisotopic (exact) mass is 395 g/mol. The summed E-state index contributed by atoms with van der Waals surface area (Å²) in [7, 11) is 0. The molecule has 0 aliphatic heterocycles. The van der Waals surface area contributed by atoms with E-state index in [0.717, 1.165) is 37.9 Å². The van der Waals surface area contributed by atoms with Crippen molar-refractivity contribution in [2.45, 2.75) is 5.75 Å². The molecular formula is C20H17N3O2S2. The lowest BCUT2D eigenvalue weighted by Crippen LogP contribution is -1.95. The molecule has 1 unspecified atom stereocenters. The first kappa shape index (κ1) is 17.7. The first-order valence-corrected chi connectivity index (χ1v) is 10.4. The minimum atomic E-state index is -1.88. The second kappa shape index (κ2) is 7.11. The molecule has 4 rings (SSSR count). The van der Waals surface area contributed by atoms with Gasteiger partial charge in [0, 0.05) is 33.1 Å². The lowest BCUT2D eigenvalue weighted by Gasteiger charge is -2.08. The van der Waals surface area contributed by atoms with Crippen molar-refractivity contribution in [1.82, 2.24) is 4.98 Å². The summed E-state index contributed by atoms with van der Waals surface area (Å²) >= 11 is -0.270. The molecule has 0 spiro atoms. The maximum atomic E-state index is 11.1. The molecule has 0 aliphatic carbocycles. The van der Waals surface area contributed by atoms with Gasteiger partial charge in [-0.15, -0.1) is 11.3 Å². The van der Waals surface area contributed by atoms with Crippen molar-refractivity contribution in [1.29, 1.82) is 0 Å². The zero-order valence-corrected chi connectivity index (χ0v) is 15.9. The fourth-order valence-electron chi connectivity index (χ4n) is 3.12. The number of nitrogen functional groups attached to an aromatic ring is 2. The molecular weight excluding hydrogens is 378 g/mol. The van der Waals surface area contributed by atoms with Crippen LogP contribution in [0, 0.1) is 0 Å². The Morgan fingerprint density at radius 3 is 2.56 bits per heavy atom. The molecule has 0 aliphatic rings. The fraction of sp³-hybridized carbons (Fsp3) is 0.0500. The number of hydrogen-bond acceptors (Lipinski definition) is 5. The quantitative estimate of drug-likeness (QED) is 0.348. The molecule has 0 saturated carbocycles. The van der Waals surface area contributed by atoms with Crippen molar-refractivity contribution >= 4 is 44.0 Å². The summed E-state index contributed by atoms with van der Waals surface area (Å²) in [6.07, 6.45) is 1.76. The molecule has 0 amide bonds. The van der Waals surface area contributed by atoms with E-state index in [0.29, 0.717) is 11.5 Å². The minimum absolute atomic E-state index is 0.0977. The van der Waals surface area contributed by atoms with Gasteiger partial charge in [-0.2, -0.15) is 0 Å². The Bertz CT molecular complexity index is 1150. The molecule has 1 atom stereocenters. The number of rotatable bonds is 4. The van der Waals surface area contributed by atoms with Crippen LogP contribution in [0.2, 0.25) is 0 Å². The Morgan fingerprint density at radius 1 is 1.04 bits per heavy atom. The highest BCUT2D eigenvalue weighted by Crippen LogP contribution is 2.41. The number of benzene rings is 2. The Morgan fingerprint density at radius 2 is 1.81 bits per heavy atom. The van der Waals surface area contributed by atoms with Crippen molar-refractivity contribution in [3.05, 3.63) is 65.7 Å². The number of fused-ring (bicyclic) bond motifs is 1. The molecule has 5 N–H and O–H groups in total. The van der Waals surface area contributed by atoms with Crippen LogP contribution in [0.15, 0.2) is 60.1 Å². The second-order valence-electron chi connectivity index (χ2n) is 6.20. The Kier molecular flexibility index (Phi) is 4.65. The number of hydrogen-bond donors (Lipinski definition) is 3. The van der Waals surface area contributed by atoms with E-state index in [2.05, 4.69) is 10.4 Å². The minimum Gasteiger partial charge on any atom is -0.399 e. The predicted molar refractivity (Wildman–Crippen MR) is 114 cm³/mol. The SMILES string of the molecule is Nc1ccc(-c2csc3c(-c4cccc(CS(=O)O)c4)cnc(N)c23)cc1. The van der Waals surface area contributed by atoms with Gasteiger partial charge in [0.15, 0.2) is 11.1 Å². The van der Waals surface area contributed by atoms with Crippen LogP contribution in [-0.2, 0) is 16.8 Å². The molecule has 5 nitrogen and oxygen atoms in total. The lowest BCUT2D eigenvalue weighted by molar-refractivity contribution is 0.563. The predicted octanol–water partition coefficient (Wildman–Crippen LogP) is 4.52. The molecule has 0 bridgehead atoms. The zero-order valence-electron chi connectivity index (χ0n) is 14.3. The molecule has 4 aromatic rings. The van der Waals surface area contributed by atoms with Gasteiger partial charge >= 0.3 is 0 Å². The lowest BCUT2D eigenvalue weighted by atomic mass is 10.0. The smallest absolute Gasteiger partial charge is 0.157 e. The van der Waals surface area contributed by atoms with Gasteiger partial charge in [0.2, 0.25) is 0 Å². The van der Waals surface area contributed by atoms with Crippen molar-refractivity contribution in [2.24, 2.45) is 0 Å². The largest absolute Gasteiger partial charge is 0.399 e. The van der Waals surface area contributed by atoms with Crippen LogP contribution in [-0.4, -0.2) is 13.7 Å². The first-order chi connectivity index (χ1) is 13.0. The third kappa shape index (κ3) is 3.44. The highest BCUT2D eigenvalue weighted by atomic mass is 32.2. The zero-order chi connectivity index (χ0) is 19.0. The summed E-state index contributed by atoms with van der Waals surface area (Å²) in [6.45, 7) is 0. The van der Waals surface area contributed by atoms with Gasteiger partial charge in [-0.3, -0.25) is 0 Å². The van der Waals surface area contributed by atoms with E-state index in [1.165, 1.54) is 0 Å². The van der Waals surface area contributed by atoms with Crippen LogP contribution < -0.4 is 11.5 Å². The number of pyridine rings is 1. The van der Waals surface area contributed by atoms with Gasteiger partial charge in [0.05, 0.1) is 5.75 Å². The molecule has 2 aromatic carbocycles. The van der Waals surface area contributed by atoms with Crippen LogP contribution in [0.1, 0.15) is 5.56 Å². The Labute approximate surface area is 163 Å². The van der Waals surface area contributed by atoms with Crippen molar-refractivity contribution in [3.8, 4) is 22.3 Å². The average Bonchev–Trinajstić information content (AvgIpc) is 3.08. The highest BCUT2D eigenvalue weighted by Gasteiger charge is 2.15. The van der Waals surface area contributed by atoms with E-state index in [1.807, 2.05) is 48.5 Å². The van der Waals surface area contributed by atoms with Crippen molar-refractivity contribution < 1.29 is 8.76 Å². The topological polar surface area (TPSA) is 102 Å². The van der Waals surface area contributed by atoms with Gasteiger partial charge in [0.1, 0.15) is 5.82 Å². The van der Waals surface area contributed by atoms with Gasteiger partial charge in [-0.1, -0.05) is 36.4 Å². The summed E-state index contributed by atoms with van der Waals surface area (Å²) < 4.78 is 21.3. The van der Waals surface area contributed by atoms with Gasteiger partial charge in [-0.05, 0) is 34.2 Å². The highest BCUT2D eigenvalue weighted by molar-refractivity contribution is 7.78. The summed E-state index contributed by atoms with van der Waals surface area (Å²) in [5.41, 5.74) is 17.5. The number of thiophene rings is 1. The molecule has 27 heavy (non-hydrogen) atoms. The van der Waals surface area contributed by atoms with Crippen LogP contribution in [0.5, 0.6) is 0 Å². The van der Waals surface area contributed by atoms with Crippen LogP contribution in [0.4, 0.5) is 11.5 Å². The number of anilines is 2. The van der Waals surface area contributed by atoms with E-state index in [1.54, 1.807) is 17.5 Å². The summed E-state index contributed by atoms with van der Waals surface area (Å²) in [5, 5.41) is 2.99. The Balaban J connectivity index is 1.88. The molecule has 2 heterocycles. The number of aromatic nitrogens is 1. The molecule has 0 saturated heterocycles. The van der Waals surface area contributed by atoms with Crippen LogP contribution >= 0.6 is 11.3 Å². The van der Waals surface area contributed by atoms with Crippen LogP contribution in [0.3, 0.4) is 0 Å². The molecule has 7 heteroatoms. The van der Waals surface area contributed by atoms with Gasteiger partial charge in [0.25, 0.3) is 0 Å². The maximum absolute atomic E-state index is 11.1. The van der Waals surface area contributed by atoms with E-state index in [4.69, 9.17) is 16.0 Å². The van der Waals surface area contributed by atoms with Gasteiger partial charge < -0.3 is 16.0 Å². The van der Waals surface area contributed by atoms with Gasteiger partial charge in [-0.25, -0.2) is 9.19 Å². The van der Waals surface area contributed by atoms with E-state index >= 15 is 0 Å². The number of nitrogens with two attached hydrogens (primary N) is 2. The third-order valence-electron chi connectivity index (χ3n) is 4.37. The van der Waals surface area contributed by atoms with E-state index < -0.39 is 11.1 Å². The molecule has 0 radical (unpaired) electrons. The second-order valence-corrected chi connectivity index (χ2v) is 8.01. The van der Waals surface area contributed by atoms with Crippen molar-refractivity contribution in [2.75, 3.05) is 11.5 Å². The molecule has 2 aromatic heterocycles. The summed E-state index contributed by atoms with van der Waals surface area (Å²) in [4.78, 5) is 4.40. The first-order valence-electron chi connectivity index (χ1n) is 8.21. The molecule has 136 valence electrons. The third-order valence-corrected chi connectivity index (χ3v) is 5.97. The average molecular weight is 396 g/mol. The normalized spacial score (nSPS) is 12.3. The fourth-order valence-corrected chi connectivity index (χ4v) is 4.70.